The average molecular weight is 271 g/mol. The number of aromatic nitrogens is 2. The molecule has 4 heteroatoms. The lowest BCUT2D eigenvalue weighted by Gasteiger charge is -2.27. The molecule has 0 saturated carbocycles. The Balaban J connectivity index is 0.000000704. The summed E-state index contributed by atoms with van der Waals surface area (Å²) in [6, 6.07) is 10.4. The number of rotatable bonds is 2. The molecule has 0 fully saturated rings. The van der Waals surface area contributed by atoms with Gasteiger partial charge in [-0.1, -0.05) is 44.2 Å². The summed E-state index contributed by atoms with van der Waals surface area (Å²) in [6.45, 7) is 6.58. The molecule has 106 valence electrons. The van der Waals surface area contributed by atoms with Gasteiger partial charge in [-0.3, -0.25) is 9.69 Å². The summed E-state index contributed by atoms with van der Waals surface area (Å²) in [5, 5.41) is 0. The van der Waals surface area contributed by atoms with Crippen molar-refractivity contribution in [1.29, 1.82) is 0 Å². The molecule has 0 atom stereocenters. The van der Waals surface area contributed by atoms with Crippen LogP contribution in [0.3, 0.4) is 0 Å². The Morgan fingerprint density at radius 3 is 2.75 bits per heavy atom. The summed E-state index contributed by atoms with van der Waals surface area (Å²) in [5.74, 6) is 0. The van der Waals surface area contributed by atoms with E-state index in [2.05, 4.69) is 39.1 Å². The Morgan fingerprint density at radius 1 is 1.25 bits per heavy atom. The smallest absolute Gasteiger partial charge is 0.254 e. The number of nitrogens with zero attached hydrogens (tertiary/aromatic N) is 2. The molecule has 20 heavy (non-hydrogen) atoms. The van der Waals surface area contributed by atoms with Gasteiger partial charge in [-0.25, -0.2) is 4.98 Å². The molecule has 0 radical (unpaired) electrons. The lowest BCUT2D eigenvalue weighted by atomic mass is 10.1. The van der Waals surface area contributed by atoms with E-state index in [-0.39, 0.29) is 5.56 Å². The molecule has 0 spiro atoms. The van der Waals surface area contributed by atoms with Gasteiger partial charge in [0.1, 0.15) is 0 Å². The van der Waals surface area contributed by atoms with Gasteiger partial charge < -0.3 is 4.98 Å². The highest BCUT2D eigenvalue weighted by Gasteiger charge is 2.19. The highest BCUT2D eigenvalue weighted by atomic mass is 16.1. The third-order valence-electron chi connectivity index (χ3n) is 3.34. The van der Waals surface area contributed by atoms with Crippen LogP contribution in [0.15, 0.2) is 41.5 Å². The monoisotopic (exact) mass is 271 g/mol. The second kappa shape index (κ2) is 7.01. The maximum absolute atomic E-state index is 11.6. The normalized spacial score (nSPS) is 14.1. The second-order valence-corrected chi connectivity index (χ2v) is 4.60. The van der Waals surface area contributed by atoms with Gasteiger partial charge in [-0.15, -0.1) is 0 Å². The summed E-state index contributed by atoms with van der Waals surface area (Å²) in [7, 11) is 0. The maximum atomic E-state index is 11.6. The molecule has 0 aliphatic carbocycles. The first-order valence-electron chi connectivity index (χ1n) is 7.14. The molecule has 1 aromatic heterocycles. The van der Waals surface area contributed by atoms with E-state index in [1.807, 2.05) is 19.9 Å². The van der Waals surface area contributed by atoms with Gasteiger partial charge in [0.2, 0.25) is 0 Å². The predicted octanol–water partition coefficient (Wildman–Crippen LogP) is 2.35. The molecule has 0 saturated heterocycles. The molecule has 0 bridgehead atoms. The van der Waals surface area contributed by atoms with E-state index < -0.39 is 0 Å². The van der Waals surface area contributed by atoms with Gasteiger partial charge in [0.05, 0.1) is 12.0 Å². The molecule has 1 aliphatic heterocycles. The number of fused-ring (bicyclic) bond motifs is 1. The van der Waals surface area contributed by atoms with Crippen molar-refractivity contribution in [2.45, 2.75) is 33.4 Å². The Hall–Kier alpha value is -1.94. The molecule has 1 aromatic carbocycles. The topological polar surface area (TPSA) is 49.0 Å². The van der Waals surface area contributed by atoms with Crippen LogP contribution in [0.1, 0.15) is 30.7 Å². The zero-order valence-electron chi connectivity index (χ0n) is 12.1. The van der Waals surface area contributed by atoms with Crippen LogP contribution in [0.4, 0.5) is 0 Å². The molecular weight excluding hydrogens is 250 g/mol. The molecule has 0 amide bonds. The molecule has 2 heterocycles. The summed E-state index contributed by atoms with van der Waals surface area (Å²) < 4.78 is 0. The molecule has 3 rings (SSSR count). The first-order chi connectivity index (χ1) is 9.83. The van der Waals surface area contributed by atoms with Crippen molar-refractivity contribution < 1.29 is 0 Å². The van der Waals surface area contributed by atoms with Crippen LogP contribution < -0.4 is 5.56 Å². The summed E-state index contributed by atoms with van der Waals surface area (Å²) in [5.41, 5.74) is 3.08. The van der Waals surface area contributed by atoms with Crippen LogP contribution in [-0.2, 0) is 19.5 Å². The van der Waals surface area contributed by atoms with Crippen LogP contribution in [0.2, 0.25) is 0 Å². The van der Waals surface area contributed by atoms with Crippen LogP contribution in [0, 0.1) is 0 Å². The standard InChI is InChI=1S/C14H15N3O.C2H6/c18-14-12-6-7-17(9-13(12)15-10-16-14)8-11-4-2-1-3-5-11;1-2/h1-5,10H,6-9H2,(H,15,16,18);1-2H3. The van der Waals surface area contributed by atoms with E-state index in [0.29, 0.717) is 0 Å². The first-order valence-corrected chi connectivity index (χ1v) is 7.14. The third-order valence-corrected chi connectivity index (χ3v) is 3.34. The number of H-pyrrole nitrogens is 1. The summed E-state index contributed by atoms with van der Waals surface area (Å²) >= 11 is 0. The minimum Gasteiger partial charge on any atom is -0.313 e. The van der Waals surface area contributed by atoms with Crippen LogP contribution >= 0.6 is 0 Å². The van der Waals surface area contributed by atoms with Crippen molar-refractivity contribution in [1.82, 2.24) is 14.9 Å². The van der Waals surface area contributed by atoms with Gasteiger partial charge in [-0.2, -0.15) is 0 Å². The Kier molecular flexibility index (Phi) is 5.07. The molecule has 0 unspecified atom stereocenters. The number of nitrogens with one attached hydrogen (secondary N) is 1. The quantitative estimate of drug-likeness (QED) is 0.912. The van der Waals surface area contributed by atoms with Crippen LogP contribution in [0.5, 0.6) is 0 Å². The van der Waals surface area contributed by atoms with E-state index in [0.717, 1.165) is 37.3 Å². The zero-order valence-corrected chi connectivity index (χ0v) is 12.1. The number of benzene rings is 1. The number of hydrogen-bond acceptors (Lipinski definition) is 3. The van der Waals surface area contributed by atoms with Crippen LogP contribution in [0.25, 0.3) is 0 Å². The van der Waals surface area contributed by atoms with E-state index in [4.69, 9.17) is 0 Å². The number of hydrogen-bond donors (Lipinski definition) is 1. The van der Waals surface area contributed by atoms with Gasteiger partial charge >= 0.3 is 0 Å². The van der Waals surface area contributed by atoms with E-state index in [9.17, 15) is 4.79 Å². The number of aromatic amines is 1. The largest absolute Gasteiger partial charge is 0.313 e. The molecule has 1 N–H and O–H groups in total. The second-order valence-electron chi connectivity index (χ2n) is 4.60. The summed E-state index contributed by atoms with van der Waals surface area (Å²) in [6.07, 6.45) is 2.28. The van der Waals surface area contributed by atoms with Crippen molar-refractivity contribution in [2.24, 2.45) is 0 Å². The van der Waals surface area contributed by atoms with Gasteiger partial charge in [0, 0.05) is 25.2 Å². The van der Waals surface area contributed by atoms with E-state index in [1.165, 1.54) is 11.9 Å². The Morgan fingerprint density at radius 2 is 2.00 bits per heavy atom. The highest BCUT2D eigenvalue weighted by molar-refractivity contribution is 5.20. The molecule has 2 aromatic rings. The average Bonchev–Trinajstić information content (AvgIpc) is 2.50. The van der Waals surface area contributed by atoms with Crippen molar-refractivity contribution in [3.8, 4) is 0 Å². The Bertz CT molecular complexity index is 592. The van der Waals surface area contributed by atoms with Gasteiger partial charge in [-0.05, 0) is 12.0 Å². The fourth-order valence-corrected chi connectivity index (χ4v) is 2.40. The molecular formula is C16H21N3O. The van der Waals surface area contributed by atoms with Gasteiger partial charge in [0.15, 0.2) is 0 Å². The van der Waals surface area contributed by atoms with Crippen LogP contribution in [-0.4, -0.2) is 21.4 Å². The highest BCUT2D eigenvalue weighted by Crippen LogP contribution is 2.15. The predicted molar refractivity (Wildman–Crippen MR) is 80.5 cm³/mol. The SMILES string of the molecule is CC.O=c1[nH]cnc2c1CCN(Cc1ccccc1)C2. The van der Waals surface area contributed by atoms with Crippen molar-refractivity contribution in [3.63, 3.8) is 0 Å². The molecule has 1 aliphatic rings. The minimum atomic E-state index is 0.0133. The zero-order chi connectivity index (χ0) is 14.4. The van der Waals surface area contributed by atoms with Crippen molar-refractivity contribution >= 4 is 0 Å². The van der Waals surface area contributed by atoms with E-state index in [1.54, 1.807) is 0 Å². The molecule has 4 nitrogen and oxygen atoms in total. The van der Waals surface area contributed by atoms with E-state index >= 15 is 0 Å². The third kappa shape index (κ3) is 3.33. The van der Waals surface area contributed by atoms with Gasteiger partial charge in [0.25, 0.3) is 5.56 Å². The first kappa shape index (κ1) is 14.5. The fourth-order valence-electron chi connectivity index (χ4n) is 2.40. The minimum absolute atomic E-state index is 0.0133. The summed E-state index contributed by atoms with van der Waals surface area (Å²) in [4.78, 5) is 20.9. The Labute approximate surface area is 119 Å². The van der Waals surface area contributed by atoms with Crippen molar-refractivity contribution in [3.05, 3.63) is 63.8 Å². The lowest BCUT2D eigenvalue weighted by molar-refractivity contribution is 0.240. The van der Waals surface area contributed by atoms with Crippen molar-refractivity contribution in [2.75, 3.05) is 6.54 Å². The fraction of sp³-hybridized carbons (Fsp3) is 0.375. The lowest BCUT2D eigenvalue weighted by Crippen LogP contribution is -2.34. The maximum Gasteiger partial charge on any atom is 0.254 e.